The summed E-state index contributed by atoms with van der Waals surface area (Å²) in [5.74, 6) is -0.628. The van der Waals surface area contributed by atoms with Gasteiger partial charge < -0.3 is 34.8 Å². The summed E-state index contributed by atoms with van der Waals surface area (Å²) in [6, 6.07) is 27.5. The fourth-order valence-electron chi connectivity index (χ4n) is 8.45. The Morgan fingerprint density at radius 2 is 1.11 bits per heavy atom. The van der Waals surface area contributed by atoms with Crippen molar-refractivity contribution in [3.05, 3.63) is 129 Å². The first-order valence-electron chi connectivity index (χ1n) is 18.7. The molecule has 2 heterocycles. The third kappa shape index (κ3) is 7.43. The van der Waals surface area contributed by atoms with Crippen molar-refractivity contribution in [2.45, 2.75) is 63.5 Å². The van der Waals surface area contributed by atoms with Crippen LogP contribution in [0.3, 0.4) is 0 Å². The van der Waals surface area contributed by atoms with Gasteiger partial charge in [0.05, 0.1) is 47.1 Å². The number of esters is 1. The van der Waals surface area contributed by atoms with Gasteiger partial charge >= 0.3 is 5.97 Å². The zero-order chi connectivity index (χ0) is 39.5. The third-order valence-corrected chi connectivity index (χ3v) is 11.5. The Bertz CT molecular complexity index is 2430. The summed E-state index contributed by atoms with van der Waals surface area (Å²) in [6.45, 7) is 1.08. The molecule has 8 rings (SSSR count). The molecule has 0 spiro atoms. The van der Waals surface area contributed by atoms with E-state index in [0.29, 0.717) is 35.3 Å². The zero-order valence-corrected chi connectivity index (χ0v) is 32.9. The van der Waals surface area contributed by atoms with Gasteiger partial charge in [0.15, 0.2) is 6.61 Å². The van der Waals surface area contributed by atoms with E-state index in [1.165, 1.54) is 12.7 Å². The first-order valence-corrected chi connectivity index (χ1v) is 19.4. The van der Waals surface area contributed by atoms with Crippen molar-refractivity contribution >= 4 is 62.8 Å². The lowest BCUT2D eigenvalue weighted by Crippen LogP contribution is -2.25. The highest BCUT2D eigenvalue weighted by molar-refractivity contribution is 6.36. The van der Waals surface area contributed by atoms with Crippen LogP contribution in [0.15, 0.2) is 84.9 Å². The Kier molecular flexibility index (Phi) is 11.6. The number of benzene rings is 4. The van der Waals surface area contributed by atoms with Gasteiger partial charge in [-0.05, 0) is 85.0 Å². The highest BCUT2D eigenvalue weighted by atomic mass is 35.5. The van der Waals surface area contributed by atoms with Crippen LogP contribution >= 0.6 is 23.2 Å². The van der Waals surface area contributed by atoms with E-state index in [1.54, 1.807) is 19.2 Å². The molecule has 0 saturated carbocycles. The van der Waals surface area contributed by atoms with E-state index in [9.17, 15) is 14.4 Å². The Hall–Kier alpha value is -5.45. The van der Waals surface area contributed by atoms with E-state index in [2.05, 4.69) is 33.4 Å². The number of nitrogens with zero attached hydrogens (tertiary/aromatic N) is 2. The number of nitrogens with two attached hydrogens (primary N) is 2. The number of aromatic nitrogens is 2. The van der Waals surface area contributed by atoms with E-state index >= 15 is 0 Å². The van der Waals surface area contributed by atoms with Crippen molar-refractivity contribution in [2.75, 3.05) is 20.8 Å². The molecule has 2 aromatic heterocycles. The maximum atomic E-state index is 12.3. The molecule has 2 aliphatic rings. The zero-order valence-electron chi connectivity index (χ0n) is 31.4. The Morgan fingerprint density at radius 1 is 0.661 bits per heavy atom. The number of hydrogen-bond acceptors (Lipinski definition) is 6. The van der Waals surface area contributed by atoms with Crippen molar-refractivity contribution in [3.63, 3.8) is 0 Å². The third-order valence-electron chi connectivity index (χ3n) is 10.9. The molecule has 0 bridgehead atoms. The molecule has 10 nitrogen and oxygen atoms in total. The number of ether oxygens (including phenoxy) is 3. The van der Waals surface area contributed by atoms with Gasteiger partial charge in [0, 0.05) is 35.2 Å². The van der Waals surface area contributed by atoms with E-state index in [1.807, 2.05) is 48.5 Å². The van der Waals surface area contributed by atoms with E-state index < -0.39 is 11.9 Å². The van der Waals surface area contributed by atoms with Crippen LogP contribution in [0.25, 0.3) is 21.8 Å². The van der Waals surface area contributed by atoms with E-state index in [0.717, 1.165) is 87.7 Å². The molecule has 2 unspecified atom stereocenters. The molecule has 6 aromatic rings. The number of hydrogen-bond donors (Lipinski definition) is 2. The average molecular weight is 796 g/mol. The first kappa shape index (κ1) is 38.8. The molecule has 2 amide bonds. The minimum absolute atomic E-state index is 0.229. The minimum atomic E-state index is -0.484. The largest absolute Gasteiger partial charge is 0.496 e. The summed E-state index contributed by atoms with van der Waals surface area (Å²) >= 11 is 13.3. The van der Waals surface area contributed by atoms with Gasteiger partial charge in [-0.25, -0.2) is 4.79 Å². The number of fused-ring (bicyclic) bond motifs is 6. The van der Waals surface area contributed by atoms with E-state index in [4.69, 9.17) is 48.9 Å². The summed E-state index contributed by atoms with van der Waals surface area (Å²) in [5.41, 5.74) is 19.6. The highest BCUT2D eigenvalue weighted by Crippen LogP contribution is 2.47. The van der Waals surface area contributed by atoms with Gasteiger partial charge in [0.1, 0.15) is 11.5 Å². The molecular formula is C44H44Cl2N4O6. The number of primary amides is 2. The molecule has 56 heavy (non-hydrogen) atoms. The molecule has 4 N–H and O–H groups in total. The van der Waals surface area contributed by atoms with Crippen LogP contribution in [0.4, 0.5) is 0 Å². The average Bonchev–Trinajstić information content (AvgIpc) is 3.73. The normalized spacial score (nSPS) is 16.0. The minimum Gasteiger partial charge on any atom is -0.496 e. The fraction of sp³-hybridized carbons (Fsp3) is 0.295. The molecule has 290 valence electrons. The fourth-order valence-corrected chi connectivity index (χ4v) is 8.97. The first-order chi connectivity index (χ1) is 27.1. The number of carbonyl (C=O) groups is 3. The topological polar surface area (TPSA) is 141 Å². The van der Waals surface area contributed by atoms with Gasteiger partial charge in [-0.2, -0.15) is 0 Å². The number of methoxy groups -OCH3 is 2. The number of carbonyl (C=O) groups excluding carboxylic acids is 3. The predicted molar refractivity (Wildman–Crippen MR) is 219 cm³/mol. The summed E-state index contributed by atoms with van der Waals surface area (Å²) < 4.78 is 20.5. The quantitative estimate of drug-likeness (QED) is 0.135. The Balaban J connectivity index is 0.000000173. The van der Waals surface area contributed by atoms with Crippen LogP contribution in [0.1, 0.15) is 71.2 Å². The van der Waals surface area contributed by atoms with Crippen molar-refractivity contribution in [3.8, 4) is 11.5 Å². The molecule has 0 radical (unpaired) electrons. The smallest absolute Gasteiger partial charge is 0.343 e. The van der Waals surface area contributed by atoms with Crippen LogP contribution < -0.4 is 20.9 Å². The van der Waals surface area contributed by atoms with Crippen LogP contribution in [-0.2, 0) is 45.1 Å². The second-order valence-corrected chi connectivity index (χ2v) is 15.0. The second-order valence-electron chi connectivity index (χ2n) is 14.2. The monoisotopic (exact) mass is 794 g/mol. The number of halogens is 2. The predicted octanol–water partition coefficient (Wildman–Crippen LogP) is 8.06. The lowest BCUT2D eigenvalue weighted by molar-refractivity contribution is -0.142. The molecular weight excluding hydrogens is 751 g/mol. The standard InChI is InChI=1S/C23H23ClN2O4.C21H21ClN2O2/c1-29-19(27)13-30-18-11-10-16(24)22-21(18)20-15(23(25)28)8-5-9-17(20)26(22)12-14-6-3-2-4-7-14;1-26-17-11-10-15(22)20-19(17)18-14(21(23)25)8-5-9-16(18)24(20)12-13-6-3-2-4-7-13/h2-4,6-7,10-11,15H,5,8-9,12-13H2,1H3,(H2,25,28);2-4,6-7,10-11,14H,5,8-9,12H2,1H3,(H2,23,25). The summed E-state index contributed by atoms with van der Waals surface area (Å²) in [4.78, 5) is 36.1. The SMILES string of the molecule is COC(=O)COc1ccc(Cl)c2c1c1c(n2Cc2ccccc2)CCCC1C(N)=O.COc1ccc(Cl)c2c1c1c(n2Cc2ccccc2)CCCC1C(N)=O. The molecule has 2 atom stereocenters. The van der Waals surface area contributed by atoms with Crippen LogP contribution in [0, 0.1) is 0 Å². The Morgan fingerprint density at radius 3 is 1.54 bits per heavy atom. The van der Waals surface area contributed by atoms with Gasteiger partial charge in [-0.15, -0.1) is 0 Å². The van der Waals surface area contributed by atoms with Crippen LogP contribution in [0.5, 0.6) is 11.5 Å². The Labute approximate surface area is 335 Å². The lowest BCUT2D eigenvalue weighted by atomic mass is 9.84. The van der Waals surface area contributed by atoms with Crippen molar-refractivity contribution in [2.24, 2.45) is 11.5 Å². The van der Waals surface area contributed by atoms with Gasteiger partial charge in [0.25, 0.3) is 0 Å². The summed E-state index contributed by atoms with van der Waals surface area (Å²) in [5, 5.41) is 2.90. The maximum absolute atomic E-state index is 12.3. The van der Waals surface area contributed by atoms with Gasteiger partial charge in [0.2, 0.25) is 11.8 Å². The molecule has 0 fully saturated rings. The number of rotatable bonds is 10. The van der Waals surface area contributed by atoms with Crippen molar-refractivity contribution in [1.82, 2.24) is 9.13 Å². The molecule has 12 heteroatoms. The van der Waals surface area contributed by atoms with Crippen LogP contribution in [-0.4, -0.2) is 47.7 Å². The summed E-state index contributed by atoms with van der Waals surface area (Å²) in [6.07, 6.45) is 4.96. The molecule has 2 aliphatic carbocycles. The lowest BCUT2D eigenvalue weighted by Gasteiger charge is -2.22. The molecule has 4 aromatic carbocycles. The summed E-state index contributed by atoms with van der Waals surface area (Å²) in [7, 11) is 2.95. The maximum Gasteiger partial charge on any atom is 0.343 e. The van der Waals surface area contributed by atoms with Gasteiger partial charge in [-0.3, -0.25) is 9.59 Å². The number of amides is 2. The molecule has 0 saturated heterocycles. The van der Waals surface area contributed by atoms with Crippen molar-refractivity contribution < 1.29 is 28.6 Å². The second kappa shape index (κ2) is 16.7. The van der Waals surface area contributed by atoms with Gasteiger partial charge in [-0.1, -0.05) is 83.9 Å². The van der Waals surface area contributed by atoms with Crippen molar-refractivity contribution in [1.29, 1.82) is 0 Å². The highest BCUT2D eigenvalue weighted by Gasteiger charge is 2.35. The molecule has 0 aliphatic heterocycles. The van der Waals surface area contributed by atoms with Crippen LogP contribution in [0.2, 0.25) is 10.0 Å². The van der Waals surface area contributed by atoms with E-state index in [-0.39, 0.29) is 24.3 Å².